The van der Waals surface area contributed by atoms with Gasteiger partial charge in [0.1, 0.15) is 5.60 Å². The average molecular weight is 635 g/mol. The molecule has 4 N–H and O–H groups in total. The summed E-state index contributed by atoms with van der Waals surface area (Å²) in [6.45, 7) is 0.733. The molecule has 2 amide bonds. The van der Waals surface area contributed by atoms with Crippen LogP contribution in [-0.4, -0.2) is 47.1 Å². The number of pyridine rings is 1. The van der Waals surface area contributed by atoms with Crippen molar-refractivity contribution in [2.75, 3.05) is 19.6 Å². The minimum absolute atomic E-state index is 0.00214. The van der Waals surface area contributed by atoms with Gasteiger partial charge < -0.3 is 21.1 Å². The van der Waals surface area contributed by atoms with Gasteiger partial charge in [-0.25, -0.2) is 0 Å². The van der Waals surface area contributed by atoms with Crippen molar-refractivity contribution in [3.63, 3.8) is 0 Å². The lowest BCUT2D eigenvalue weighted by atomic mass is 9.68. The molecular formula is C32H32F6N4O3. The van der Waals surface area contributed by atoms with Crippen LogP contribution in [0.4, 0.5) is 26.3 Å². The third kappa shape index (κ3) is 7.30. The number of amides is 2. The molecular weight excluding hydrogens is 602 g/mol. The van der Waals surface area contributed by atoms with Gasteiger partial charge in [-0.3, -0.25) is 14.6 Å². The second kappa shape index (κ2) is 12.4. The lowest BCUT2D eigenvalue weighted by Crippen LogP contribution is -2.58. The average Bonchev–Trinajstić information content (AvgIpc) is 3.49. The lowest BCUT2D eigenvalue weighted by molar-refractivity contribution is -0.138. The molecule has 0 unspecified atom stereocenters. The smallest absolute Gasteiger partial charge is 0.384 e. The molecule has 3 aromatic rings. The van der Waals surface area contributed by atoms with Crippen LogP contribution in [0.5, 0.6) is 0 Å². The maximum absolute atomic E-state index is 13.0. The number of hydrogen-bond acceptors (Lipinski definition) is 5. The molecule has 5 rings (SSSR count). The number of nitrogens with one attached hydrogen (secondary N) is 3. The Bertz CT molecular complexity index is 1510. The van der Waals surface area contributed by atoms with E-state index in [9.17, 15) is 41.0 Å². The first-order valence-electron chi connectivity index (χ1n) is 14.5. The molecule has 2 heterocycles. The second-order valence-electron chi connectivity index (χ2n) is 11.7. The molecule has 2 fully saturated rings. The van der Waals surface area contributed by atoms with Gasteiger partial charge in [0.2, 0.25) is 5.91 Å². The lowest BCUT2D eigenvalue weighted by Gasteiger charge is -2.44. The number of carbonyl (C=O) groups is 2. The fourth-order valence-corrected chi connectivity index (χ4v) is 6.29. The summed E-state index contributed by atoms with van der Waals surface area (Å²) < 4.78 is 77.7. The zero-order valence-corrected chi connectivity index (χ0v) is 24.1. The van der Waals surface area contributed by atoms with Crippen LogP contribution in [0.25, 0.3) is 11.1 Å². The highest BCUT2D eigenvalue weighted by Gasteiger charge is 2.47. The number of benzene rings is 2. The predicted octanol–water partition coefficient (Wildman–Crippen LogP) is 5.44. The Morgan fingerprint density at radius 3 is 2.13 bits per heavy atom. The zero-order chi connectivity index (χ0) is 32.5. The highest BCUT2D eigenvalue weighted by atomic mass is 19.4. The Balaban J connectivity index is 1.18. The summed E-state index contributed by atoms with van der Waals surface area (Å²) in [4.78, 5) is 29.8. The van der Waals surface area contributed by atoms with E-state index in [0.717, 1.165) is 30.3 Å². The largest absolute Gasteiger partial charge is 0.416 e. The molecule has 2 aliphatic rings. The molecule has 0 spiro atoms. The fourth-order valence-electron chi connectivity index (χ4n) is 6.29. The molecule has 240 valence electrons. The van der Waals surface area contributed by atoms with Gasteiger partial charge in [0.25, 0.3) is 5.91 Å². The van der Waals surface area contributed by atoms with Gasteiger partial charge in [-0.15, -0.1) is 0 Å². The van der Waals surface area contributed by atoms with Crippen molar-refractivity contribution in [2.24, 2.45) is 5.92 Å². The molecule has 1 aliphatic carbocycles. The van der Waals surface area contributed by atoms with Gasteiger partial charge >= 0.3 is 12.4 Å². The van der Waals surface area contributed by atoms with Crippen molar-refractivity contribution in [3.8, 4) is 11.1 Å². The molecule has 1 aliphatic heterocycles. The molecule has 1 saturated carbocycles. The fraction of sp³-hybridized carbons (Fsp3) is 0.406. The molecule has 1 saturated heterocycles. The number of alkyl halides is 6. The van der Waals surface area contributed by atoms with Crippen molar-refractivity contribution in [1.29, 1.82) is 0 Å². The minimum Gasteiger partial charge on any atom is -0.384 e. The van der Waals surface area contributed by atoms with E-state index >= 15 is 0 Å². The van der Waals surface area contributed by atoms with Gasteiger partial charge in [0, 0.05) is 23.9 Å². The van der Waals surface area contributed by atoms with Gasteiger partial charge in [0.15, 0.2) is 0 Å². The Hall–Kier alpha value is -3.97. The van der Waals surface area contributed by atoms with Gasteiger partial charge in [-0.1, -0.05) is 24.3 Å². The van der Waals surface area contributed by atoms with Crippen molar-refractivity contribution in [3.05, 3.63) is 89.2 Å². The van der Waals surface area contributed by atoms with Crippen LogP contribution in [0.1, 0.15) is 59.3 Å². The van der Waals surface area contributed by atoms with Gasteiger partial charge in [0.05, 0.1) is 28.9 Å². The number of nitrogens with zero attached hydrogens (tertiary/aromatic N) is 1. The molecule has 0 bridgehead atoms. The van der Waals surface area contributed by atoms with Crippen LogP contribution in [0.2, 0.25) is 0 Å². The third-order valence-corrected chi connectivity index (χ3v) is 8.82. The summed E-state index contributed by atoms with van der Waals surface area (Å²) in [5.74, 6) is -1.27. The number of aliphatic hydroxyl groups is 1. The van der Waals surface area contributed by atoms with E-state index in [1.54, 1.807) is 12.1 Å². The number of rotatable bonds is 7. The van der Waals surface area contributed by atoms with E-state index in [-0.39, 0.29) is 11.5 Å². The molecule has 1 aromatic heterocycles. The minimum atomic E-state index is -4.60. The molecule has 0 radical (unpaired) electrons. The summed E-state index contributed by atoms with van der Waals surface area (Å²) in [6.07, 6.45) is -5.00. The van der Waals surface area contributed by atoms with Crippen LogP contribution in [-0.2, 0) is 22.7 Å². The second-order valence-corrected chi connectivity index (χ2v) is 11.7. The normalized spacial score (nSPS) is 23.8. The van der Waals surface area contributed by atoms with Gasteiger partial charge in [-0.2, -0.15) is 26.3 Å². The first kappa shape index (κ1) is 32.4. The van der Waals surface area contributed by atoms with Gasteiger partial charge in [-0.05, 0) is 86.5 Å². The summed E-state index contributed by atoms with van der Waals surface area (Å²) in [7, 11) is 0. The van der Waals surface area contributed by atoms with E-state index in [4.69, 9.17) is 0 Å². The van der Waals surface area contributed by atoms with Crippen molar-refractivity contribution < 1.29 is 41.0 Å². The summed E-state index contributed by atoms with van der Waals surface area (Å²) >= 11 is 0. The standard InChI is InChI=1S/C32H32F6N4O3/c33-31(34,35)24-7-4-20(5-8-24)22-6-9-26(40-17-22)30(45)12-10-23(11-13-30)29(14-15-39-19-29)42-27(43)18-41-28(44)21-2-1-3-25(16-21)32(36,37)38/h1-9,16-17,23,39,45H,10-15,18-19H2,(H,41,44)(H,42,43)/t23?,29-,30?/m0/s1. The Morgan fingerprint density at radius 2 is 1.56 bits per heavy atom. The van der Waals surface area contributed by atoms with E-state index in [1.165, 1.54) is 24.4 Å². The number of halogens is 6. The quantitative estimate of drug-likeness (QED) is 0.259. The number of carbonyl (C=O) groups excluding carboxylic acids is 2. The monoisotopic (exact) mass is 634 g/mol. The summed E-state index contributed by atoms with van der Waals surface area (Å²) in [5, 5.41) is 20.2. The van der Waals surface area contributed by atoms with Crippen molar-refractivity contribution >= 4 is 11.8 Å². The highest BCUT2D eigenvalue weighted by molar-refractivity contribution is 5.96. The Morgan fingerprint density at radius 1 is 0.889 bits per heavy atom. The molecule has 13 heteroatoms. The maximum Gasteiger partial charge on any atom is 0.416 e. The summed E-state index contributed by atoms with van der Waals surface area (Å²) in [5.41, 5.74) is -2.12. The molecule has 7 nitrogen and oxygen atoms in total. The van der Waals surface area contributed by atoms with Crippen LogP contribution in [0.15, 0.2) is 66.9 Å². The summed E-state index contributed by atoms with van der Waals surface area (Å²) in [6, 6.07) is 12.1. The highest BCUT2D eigenvalue weighted by Crippen LogP contribution is 2.44. The SMILES string of the molecule is O=C(CNC(=O)c1cccc(C(F)(F)F)c1)N[C@@]1(C2CCC(O)(c3ccc(-c4ccc(C(F)(F)F)cc4)cn3)CC2)CCNC1. The van der Waals surface area contributed by atoms with E-state index in [1.807, 2.05) is 0 Å². The molecule has 2 aromatic carbocycles. The van der Waals surface area contributed by atoms with E-state index in [0.29, 0.717) is 62.0 Å². The first-order chi connectivity index (χ1) is 21.2. The number of aromatic nitrogens is 1. The Kier molecular flexibility index (Phi) is 8.96. The first-order valence-corrected chi connectivity index (χ1v) is 14.5. The topological polar surface area (TPSA) is 103 Å². The Labute approximate surface area is 255 Å². The van der Waals surface area contributed by atoms with Crippen molar-refractivity contribution in [2.45, 2.75) is 55.6 Å². The molecule has 1 atom stereocenters. The predicted molar refractivity (Wildman–Crippen MR) is 153 cm³/mol. The third-order valence-electron chi connectivity index (χ3n) is 8.82. The van der Waals surface area contributed by atoms with E-state index in [2.05, 4.69) is 20.9 Å². The van der Waals surface area contributed by atoms with Crippen LogP contribution in [0.3, 0.4) is 0 Å². The van der Waals surface area contributed by atoms with Crippen LogP contribution < -0.4 is 16.0 Å². The van der Waals surface area contributed by atoms with Crippen LogP contribution in [0, 0.1) is 5.92 Å². The van der Waals surface area contributed by atoms with Crippen molar-refractivity contribution in [1.82, 2.24) is 20.9 Å². The zero-order valence-electron chi connectivity index (χ0n) is 24.1. The molecule has 45 heavy (non-hydrogen) atoms. The van der Waals surface area contributed by atoms with E-state index < -0.39 is 53.0 Å². The maximum atomic E-state index is 13.0. The van der Waals surface area contributed by atoms with Crippen LogP contribution >= 0.6 is 0 Å². The number of hydrogen-bond donors (Lipinski definition) is 4.